The number of nitrogens with one attached hydrogen (secondary N) is 1. The summed E-state index contributed by atoms with van der Waals surface area (Å²) in [5, 5.41) is 3.21. The maximum Gasteiger partial charge on any atom is 0.248 e. The van der Waals surface area contributed by atoms with E-state index in [1.807, 2.05) is 0 Å². The molecule has 9 heteroatoms. The van der Waals surface area contributed by atoms with Crippen LogP contribution in [0, 0.1) is 5.82 Å². The molecule has 2 aromatic carbocycles. The lowest BCUT2D eigenvalue weighted by molar-refractivity contribution is -0.117. The number of para-hydroxylation sites is 1. The Hall–Kier alpha value is -1.83. The first-order valence-electron chi connectivity index (χ1n) is 7.64. The smallest absolute Gasteiger partial charge is 0.248 e. The number of hydrogen-bond acceptors (Lipinski definition) is 3. The molecule has 0 fully saturated rings. The third-order valence-electron chi connectivity index (χ3n) is 3.55. The quantitative estimate of drug-likeness (QED) is 0.759. The molecule has 2 aromatic rings. The first kappa shape index (κ1) is 20.5. The molecule has 0 heterocycles. The molecule has 5 nitrogen and oxygen atoms in total. The van der Waals surface area contributed by atoms with E-state index < -0.39 is 27.8 Å². The van der Waals surface area contributed by atoms with E-state index >= 15 is 0 Å². The lowest BCUT2D eigenvalue weighted by Gasteiger charge is -2.30. The molecule has 0 aliphatic heterocycles. The number of nitrogens with zero attached hydrogens (tertiary/aromatic N) is 1. The lowest BCUT2D eigenvalue weighted by Crippen LogP contribution is -2.47. The number of halogens is 3. The van der Waals surface area contributed by atoms with Gasteiger partial charge in [-0.3, -0.25) is 9.10 Å². The molecular formula is C17H17Cl2FN2O3S. The average molecular weight is 419 g/mol. The van der Waals surface area contributed by atoms with Gasteiger partial charge in [0.05, 0.1) is 11.9 Å². The number of carbonyl (C=O) groups is 1. The van der Waals surface area contributed by atoms with E-state index in [0.29, 0.717) is 15.7 Å². The Morgan fingerprint density at radius 2 is 1.77 bits per heavy atom. The van der Waals surface area contributed by atoms with E-state index in [0.717, 1.165) is 16.6 Å². The van der Waals surface area contributed by atoms with Crippen molar-refractivity contribution in [1.82, 2.24) is 0 Å². The monoisotopic (exact) mass is 418 g/mol. The zero-order valence-corrected chi connectivity index (χ0v) is 16.4. The van der Waals surface area contributed by atoms with Gasteiger partial charge < -0.3 is 5.32 Å². The minimum absolute atomic E-state index is 0.127. The van der Waals surface area contributed by atoms with Crippen LogP contribution in [0.25, 0.3) is 0 Å². The largest absolute Gasteiger partial charge is 0.324 e. The molecule has 26 heavy (non-hydrogen) atoms. The van der Waals surface area contributed by atoms with Crippen molar-refractivity contribution in [3.05, 3.63) is 58.3 Å². The summed E-state index contributed by atoms with van der Waals surface area (Å²) in [7, 11) is -3.93. The number of carbonyl (C=O) groups excluding carboxylic acids is 1. The van der Waals surface area contributed by atoms with Gasteiger partial charge in [-0.25, -0.2) is 12.8 Å². The molecule has 0 radical (unpaired) electrons. The fraction of sp³-hybridized carbons (Fsp3) is 0.235. The molecule has 2 rings (SSSR count). The van der Waals surface area contributed by atoms with Gasteiger partial charge in [-0.1, -0.05) is 42.3 Å². The van der Waals surface area contributed by atoms with Crippen LogP contribution in [0.1, 0.15) is 13.3 Å². The Morgan fingerprint density at radius 1 is 1.19 bits per heavy atom. The van der Waals surface area contributed by atoms with Gasteiger partial charge in [0, 0.05) is 15.7 Å². The molecule has 140 valence electrons. The number of anilines is 2. The number of benzene rings is 2. The topological polar surface area (TPSA) is 66.5 Å². The summed E-state index contributed by atoms with van der Waals surface area (Å²) in [5.74, 6) is -1.37. The fourth-order valence-electron chi connectivity index (χ4n) is 2.52. The van der Waals surface area contributed by atoms with E-state index in [1.54, 1.807) is 6.92 Å². The van der Waals surface area contributed by atoms with Gasteiger partial charge in [0.1, 0.15) is 11.9 Å². The van der Waals surface area contributed by atoms with Gasteiger partial charge in [-0.15, -0.1) is 0 Å². The van der Waals surface area contributed by atoms with Crippen molar-refractivity contribution in [2.24, 2.45) is 0 Å². The molecular weight excluding hydrogens is 402 g/mol. The molecule has 1 atom stereocenters. The zero-order valence-electron chi connectivity index (χ0n) is 14.0. The van der Waals surface area contributed by atoms with Gasteiger partial charge in [-0.05, 0) is 36.8 Å². The Morgan fingerprint density at radius 3 is 2.27 bits per heavy atom. The summed E-state index contributed by atoms with van der Waals surface area (Å²) in [5.41, 5.74) is 0.120. The van der Waals surface area contributed by atoms with Crippen molar-refractivity contribution >= 4 is 50.5 Å². The maximum atomic E-state index is 14.2. The standard InChI is InChI=1S/C17H17Cl2FN2O3S/c1-3-15(17(23)21-13-9-11(18)8-12(19)10-13)22(26(2,24)25)16-7-5-4-6-14(16)20/h4-10,15H,3H2,1-2H3,(H,21,23)/t15-/m1/s1. The highest BCUT2D eigenvalue weighted by atomic mass is 35.5. The maximum absolute atomic E-state index is 14.2. The summed E-state index contributed by atoms with van der Waals surface area (Å²) < 4.78 is 39.5. The second-order valence-electron chi connectivity index (χ2n) is 5.58. The second kappa shape index (κ2) is 8.24. The summed E-state index contributed by atoms with van der Waals surface area (Å²) in [6, 6.07) is 8.68. The number of hydrogen-bond donors (Lipinski definition) is 1. The van der Waals surface area contributed by atoms with Crippen LogP contribution < -0.4 is 9.62 Å². The normalized spacial score (nSPS) is 12.5. The van der Waals surface area contributed by atoms with Crippen LogP contribution in [0.4, 0.5) is 15.8 Å². The predicted octanol–water partition coefficient (Wildman–Crippen LogP) is 4.32. The van der Waals surface area contributed by atoms with E-state index in [9.17, 15) is 17.6 Å². The third-order valence-corrected chi connectivity index (χ3v) is 5.15. The highest BCUT2D eigenvalue weighted by Gasteiger charge is 2.33. The summed E-state index contributed by atoms with van der Waals surface area (Å²) >= 11 is 11.8. The van der Waals surface area contributed by atoms with E-state index in [4.69, 9.17) is 23.2 Å². The molecule has 0 saturated carbocycles. The van der Waals surface area contributed by atoms with E-state index in [2.05, 4.69) is 5.32 Å². The minimum atomic E-state index is -3.93. The molecule has 0 spiro atoms. The summed E-state index contributed by atoms with van der Waals surface area (Å²) in [6.07, 6.45) is 1.05. The van der Waals surface area contributed by atoms with Crippen molar-refractivity contribution in [2.75, 3.05) is 15.9 Å². The molecule has 0 bridgehead atoms. The molecule has 1 amide bonds. The van der Waals surface area contributed by atoms with Crippen molar-refractivity contribution in [3.63, 3.8) is 0 Å². The molecule has 0 saturated heterocycles. The van der Waals surface area contributed by atoms with Crippen molar-refractivity contribution in [2.45, 2.75) is 19.4 Å². The van der Waals surface area contributed by atoms with Gasteiger partial charge in [0.2, 0.25) is 15.9 Å². The molecule has 0 unspecified atom stereocenters. The Bertz CT molecular complexity index is 902. The van der Waals surface area contributed by atoms with Crippen molar-refractivity contribution in [3.8, 4) is 0 Å². The molecule has 0 aromatic heterocycles. The average Bonchev–Trinajstić information content (AvgIpc) is 2.51. The number of rotatable bonds is 6. The Labute approximate surface area is 161 Å². The van der Waals surface area contributed by atoms with Crippen LogP contribution in [0.15, 0.2) is 42.5 Å². The van der Waals surface area contributed by atoms with Crippen molar-refractivity contribution in [1.29, 1.82) is 0 Å². The van der Waals surface area contributed by atoms with Crippen LogP contribution in [0.3, 0.4) is 0 Å². The SMILES string of the molecule is CC[C@H](C(=O)Nc1cc(Cl)cc(Cl)c1)N(c1ccccc1F)S(C)(=O)=O. The van der Waals surface area contributed by atoms with E-state index in [1.165, 1.54) is 36.4 Å². The lowest BCUT2D eigenvalue weighted by atomic mass is 10.1. The highest BCUT2D eigenvalue weighted by Crippen LogP contribution is 2.27. The summed E-state index contributed by atoms with van der Waals surface area (Å²) in [6.45, 7) is 1.63. The first-order valence-corrected chi connectivity index (χ1v) is 10.2. The van der Waals surface area contributed by atoms with Crippen LogP contribution in [0.2, 0.25) is 10.0 Å². The highest BCUT2D eigenvalue weighted by molar-refractivity contribution is 7.92. The zero-order chi connectivity index (χ0) is 19.5. The van der Waals surface area contributed by atoms with Crippen molar-refractivity contribution < 1.29 is 17.6 Å². The molecule has 0 aliphatic rings. The van der Waals surface area contributed by atoms with Gasteiger partial charge in [-0.2, -0.15) is 0 Å². The number of amides is 1. The van der Waals surface area contributed by atoms with E-state index in [-0.39, 0.29) is 12.1 Å². The van der Waals surface area contributed by atoms with Crippen LogP contribution in [-0.2, 0) is 14.8 Å². The van der Waals surface area contributed by atoms with Gasteiger partial charge in [0.25, 0.3) is 0 Å². The molecule has 0 aliphatic carbocycles. The number of sulfonamides is 1. The van der Waals surface area contributed by atoms with Gasteiger partial charge >= 0.3 is 0 Å². The second-order valence-corrected chi connectivity index (χ2v) is 8.31. The van der Waals surface area contributed by atoms with Crippen LogP contribution in [0.5, 0.6) is 0 Å². The van der Waals surface area contributed by atoms with Crippen LogP contribution >= 0.6 is 23.2 Å². The Kier molecular flexibility index (Phi) is 6.49. The van der Waals surface area contributed by atoms with Gasteiger partial charge in [0.15, 0.2) is 0 Å². The third kappa shape index (κ3) is 4.87. The minimum Gasteiger partial charge on any atom is -0.324 e. The predicted molar refractivity (Wildman–Crippen MR) is 103 cm³/mol. The first-order chi connectivity index (χ1) is 12.1. The Balaban J connectivity index is 2.42. The van der Waals surface area contributed by atoms with Crippen LogP contribution in [-0.4, -0.2) is 26.6 Å². The summed E-state index contributed by atoms with van der Waals surface area (Å²) in [4.78, 5) is 12.7. The molecule has 1 N–H and O–H groups in total. The fourth-order valence-corrected chi connectivity index (χ4v) is 4.26.